The summed E-state index contributed by atoms with van der Waals surface area (Å²) >= 11 is 0. The molecule has 2 aromatic rings. The second-order valence-electron chi connectivity index (χ2n) is 9.48. The van der Waals surface area contributed by atoms with E-state index in [1.165, 1.54) is 13.2 Å². The SMILES string of the molecule is COc1cc(OC2CCN(C)CC2)ccc1NC1CC(Oc2ccc([N+](=O)[O-])c(OC)c2)CCN1C. The lowest BCUT2D eigenvalue weighted by Gasteiger charge is -2.38. The number of ether oxygens (including phenoxy) is 4. The average Bonchev–Trinajstić information content (AvgIpc) is 2.88. The summed E-state index contributed by atoms with van der Waals surface area (Å²) in [4.78, 5) is 15.3. The third-order valence-corrected chi connectivity index (χ3v) is 6.94. The molecule has 0 spiro atoms. The Bertz CT molecular complexity index is 1040. The molecule has 1 N–H and O–H groups in total. The van der Waals surface area contributed by atoms with Crippen molar-refractivity contribution in [1.82, 2.24) is 9.80 Å². The van der Waals surface area contributed by atoms with E-state index in [1.807, 2.05) is 18.2 Å². The van der Waals surface area contributed by atoms with Gasteiger partial charge in [0.25, 0.3) is 0 Å². The van der Waals surface area contributed by atoms with E-state index >= 15 is 0 Å². The van der Waals surface area contributed by atoms with Crippen LogP contribution in [0.2, 0.25) is 0 Å². The first-order valence-electron chi connectivity index (χ1n) is 12.4. The molecule has 0 radical (unpaired) electrons. The summed E-state index contributed by atoms with van der Waals surface area (Å²) in [6.07, 6.45) is 3.81. The van der Waals surface area contributed by atoms with Gasteiger partial charge < -0.3 is 29.2 Å². The average molecular weight is 501 g/mol. The van der Waals surface area contributed by atoms with Gasteiger partial charge in [-0.3, -0.25) is 15.0 Å². The molecule has 2 aliphatic heterocycles. The molecule has 10 nitrogen and oxygen atoms in total. The van der Waals surface area contributed by atoms with Gasteiger partial charge >= 0.3 is 5.69 Å². The monoisotopic (exact) mass is 500 g/mol. The predicted molar refractivity (Wildman–Crippen MR) is 137 cm³/mol. The van der Waals surface area contributed by atoms with Crippen molar-refractivity contribution in [3.05, 3.63) is 46.5 Å². The minimum Gasteiger partial charge on any atom is -0.494 e. The fraction of sp³-hybridized carbons (Fsp3) is 0.538. The lowest BCUT2D eigenvalue weighted by Crippen LogP contribution is -2.47. The number of benzene rings is 2. The van der Waals surface area contributed by atoms with Crippen molar-refractivity contribution in [3.8, 4) is 23.0 Å². The van der Waals surface area contributed by atoms with Crippen LogP contribution < -0.4 is 24.3 Å². The number of likely N-dealkylation sites (tertiary alicyclic amines) is 2. The van der Waals surface area contributed by atoms with Gasteiger partial charge in [-0.2, -0.15) is 0 Å². The van der Waals surface area contributed by atoms with E-state index in [0.717, 1.165) is 62.5 Å². The number of hydrogen-bond donors (Lipinski definition) is 1. The molecule has 0 aliphatic carbocycles. The highest BCUT2D eigenvalue weighted by Gasteiger charge is 2.29. The molecule has 0 aromatic heterocycles. The summed E-state index contributed by atoms with van der Waals surface area (Å²) < 4.78 is 23.3. The Kier molecular flexibility index (Phi) is 8.37. The fourth-order valence-corrected chi connectivity index (χ4v) is 4.74. The van der Waals surface area contributed by atoms with Crippen molar-refractivity contribution < 1.29 is 23.9 Å². The number of nitrogens with one attached hydrogen (secondary N) is 1. The Labute approximate surface area is 212 Å². The zero-order valence-electron chi connectivity index (χ0n) is 21.4. The van der Waals surface area contributed by atoms with Gasteiger partial charge in [0.15, 0.2) is 0 Å². The van der Waals surface area contributed by atoms with Gasteiger partial charge in [-0.25, -0.2) is 0 Å². The lowest BCUT2D eigenvalue weighted by atomic mass is 10.0. The van der Waals surface area contributed by atoms with Crippen molar-refractivity contribution in [2.45, 2.75) is 44.1 Å². The molecule has 2 heterocycles. The number of piperidine rings is 2. The topological polar surface area (TPSA) is 98.6 Å². The molecular weight excluding hydrogens is 464 g/mol. The summed E-state index contributed by atoms with van der Waals surface area (Å²) in [5.74, 6) is 2.29. The Morgan fingerprint density at radius 1 is 0.889 bits per heavy atom. The van der Waals surface area contributed by atoms with Crippen LogP contribution in [0.15, 0.2) is 36.4 Å². The molecule has 10 heteroatoms. The molecule has 2 saturated heterocycles. The summed E-state index contributed by atoms with van der Waals surface area (Å²) in [7, 11) is 7.30. The molecule has 2 atom stereocenters. The maximum atomic E-state index is 11.2. The summed E-state index contributed by atoms with van der Waals surface area (Å²) in [6, 6.07) is 10.5. The van der Waals surface area contributed by atoms with Gasteiger partial charge in [0.05, 0.1) is 31.0 Å². The predicted octanol–water partition coefficient (Wildman–Crippen LogP) is 4.00. The lowest BCUT2D eigenvalue weighted by molar-refractivity contribution is -0.385. The standard InChI is InChI=1S/C26H36N4O6/c1-28-12-9-18(10-13-28)35-19-5-7-22(24(15-19)33-3)27-26-17-21(11-14-29(26)2)36-20-6-8-23(30(31)32)25(16-20)34-4/h5-8,15-16,18,21,26-27H,9-14,17H2,1-4H3. The molecule has 196 valence electrons. The van der Waals surface area contributed by atoms with Crippen LogP contribution in [0.3, 0.4) is 0 Å². The molecule has 0 bridgehead atoms. The number of anilines is 1. The highest BCUT2D eigenvalue weighted by molar-refractivity contribution is 5.59. The van der Waals surface area contributed by atoms with Crippen molar-refractivity contribution in [2.24, 2.45) is 0 Å². The van der Waals surface area contributed by atoms with E-state index in [-0.39, 0.29) is 29.8 Å². The Hall–Kier alpha value is -3.24. The van der Waals surface area contributed by atoms with E-state index in [1.54, 1.807) is 19.2 Å². The Morgan fingerprint density at radius 2 is 1.50 bits per heavy atom. The van der Waals surface area contributed by atoms with E-state index in [9.17, 15) is 10.1 Å². The van der Waals surface area contributed by atoms with Crippen molar-refractivity contribution in [3.63, 3.8) is 0 Å². The first-order valence-corrected chi connectivity index (χ1v) is 12.4. The van der Waals surface area contributed by atoms with Gasteiger partial charge in [-0.1, -0.05) is 0 Å². The summed E-state index contributed by atoms with van der Waals surface area (Å²) in [5, 5.41) is 14.8. The molecule has 2 aliphatic rings. The third kappa shape index (κ3) is 6.30. The smallest absolute Gasteiger partial charge is 0.311 e. The first-order chi connectivity index (χ1) is 17.4. The van der Waals surface area contributed by atoms with E-state index < -0.39 is 4.92 Å². The van der Waals surface area contributed by atoms with Gasteiger partial charge in [0.2, 0.25) is 5.75 Å². The molecular formula is C26H36N4O6. The number of rotatable bonds is 9. The van der Waals surface area contributed by atoms with Gasteiger partial charge in [0.1, 0.15) is 29.5 Å². The molecule has 2 fully saturated rings. The minimum atomic E-state index is -0.463. The van der Waals surface area contributed by atoms with Gasteiger partial charge in [-0.15, -0.1) is 0 Å². The molecule has 4 rings (SSSR count). The zero-order chi connectivity index (χ0) is 25.7. The van der Waals surface area contributed by atoms with Crippen LogP contribution in [0.1, 0.15) is 25.7 Å². The minimum absolute atomic E-state index is 0.0262. The van der Waals surface area contributed by atoms with Crippen LogP contribution >= 0.6 is 0 Å². The fourth-order valence-electron chi connectivity index (χ4n) is 4.74. The van der Waals surface area contributed by atoms with Crippen LogP contribution in [0, 0.1) is 10.1 Å². The number of methoxy groups -OCH3 is 2. The molecule has 2 unspecified atom stereocenters. The number of nitro groups is 1. The normalized spacial score (nSPS) is 21.6. The zero-order valence-corrected chi connectivity index (χ0v) is 21.4. The van der Waals surface area contributed by atoms with E-state index in [0.29, 0.717) is 5.75 Å². The number of nitro benzene ring substituents is 1. The summed E-state index contributed by atoms with van der Waals surface area (Å²) in [6.45, 7) is 2.93. The molecule has 0 amide bonds. The van der Waals surface area contributed by atoms with Crippen molar-refractivity contribution in [2.75, 3.05) is 53.3 Å². The molecule has 2 aromatic carbocycles. The quantitative estimate of drug-likeness (QED) is 0.405. The second kappa shape index (κ2) is 11.7. The highest BCUT2D eigenvalue weighted by Crippen LogP contribution is 2.34. The maximum absolute atomic E-state index is 11.2. The largest absolute Gasteiger partial charge is 0.494 e. The molecule has 36 heavy (non-hydrogen) atoms. The van der Waals surface area contributed by atoms with Crippen LogP contribution in [0.5, 0.6) is 23.0 Å². The third-order valence-electron chi connectivity index (χ3n) is 6.94. The van der Waals surface area contributed by atoms with E-state index in [2.05, 4.69) is 29.2 Å². The van der Waals surface area contributed by atoms with Gasteiger partial charge in [-0.05, 0) is 51.6 Å². The Balaban J connectivity index is 1.40. The van der Waals surface area contributed by atoms with Crippen molar-refractivity contribution in [1.29, 1.82) is 0 Å². The van der Waals surface area contributed by atoms with Crippen LogP contribution in [0.25, 0.3) is 0 Å². The highest BCUT2D eigenvalue weighted by atomic mass is 16.6. The summed E-state index contributed by atoms with van der Waals surface area (Å²) in [5.41, 5.74) is 0.811. The molecule has 0 saturated carbocycles. The van der Waals surface area contributed by atoms with E-state index in [4.69, 9.17) is 18.9 Å². The number of hydrogen-bond acceptors (Lipinski definition) is 9. The van der Waals surface area contributed by atoms with Crippen LogP contribution in [-0.2, 0) is 0 Å². The van der Waals surface area contributed by atoms with Crippen LogP contribution in [0.4, 0.5) is 11.4 Å². The van der Waals surface area contributed by atoms with Crippen LogP contribution in [-0.4, -0.2) is 81.0 Å². The number of nitrogens with zero attached hydrogens (tertiary/aromatic N) is 3. The second-order valence-corrected chi connectivity index (χ2v) is 9.48. The Morgan fingerprint density at radius 3 is 2.17 bits per heavy atom. The van der Waals surface area contributed by atoms with Crippen molar-refractivity contribution >= 4 is 11.4 Å². The van der Waals surface area contributed by atoms with Gasteiger partial charge in [0, 0.05) is 44.3 Å². The maximum Gasteiger partial charge on any atom is 0.311 e. The first kappa shape index (κ1) is 25.8.